The third kappa shape index (κ3) is 5.60. The summed E-state index contributed by atoms with van der Waals surface area (Å²) >= 11 is 0. The molecule has 0 aliphatic rings. The summed E-state index contributed by atoms with van der Waals surface area (Å²) in [6, 6.07) is 15.4. The summed E-state index contributed by atoms with van der Waals surface area (Å²) in [7, 11) is 0. The van der Waals surface area contributed by atoms with Crippen LogP contribution in [0.2, 0.25) is 0 Å². The van der Waals surface area contributed by atoms with Crippen LogP contribution in [-0.2, 0) is 17.6 Å². The van der Waals surface area contributed by atoms with E-state index >= 15 is 0 Å². The molecule has 0 aliphatic heterocycles. The Hall–Kier alpha value is -3.86. The number of nitrogens with zero attached hydrogens (tertiary/aromatic N) is 3. The Morgan fingerprint density at radius 3 is 2.58 bits per heavy atom. The lowest BCUT2D eigenvalue weighted by Gasteiger charge is -2.08. The van der Waals surface area contributed by atoms with E-state index in [-0.39, 0.29) is 29.7 Å². The highest BCUT2D eigenvalue weighted by Gasteiger charge is 2.16. The molecule has 0 fully saturated rings. The maximum atomic E-state index is 13.1. The number of hydrogen-bond acceptors (Lipinski definition) is 5. The summed E-state index contributed by atoms with van der Waals surface area (Å²) in [5.74, 6) is 0.257. The van der Waals surface area contributed by atoms with E-state index in [1.54, 1.807) is 12.1 Å². The third-order valence-electron chi connectivity index (χ3n) is 4.79. The van der Waals surface area contributed by atoms with Crippen molar-refractivity contribution in [3.05, 3.63) is 71.2 Å². The van der Waals surface area contributed by atoms with Gasteiger partial charge in [0.05, 0.1) is 11.4 Å². The normalized spacial score (nSPS) is 10.5. The van der Waals surface area contributed by atoms with Crippen LogP contribution in [0.4, 0.5) is 10.2 Å². The first kappa shape index (κ1) is 21.8. The minimum absolute atomic E-state index is 0.0684. The van der Waals surface area contributed by atoms with Crippen molar-refractivity contribution in [2.75, 3.05) is 18.9 Å². The average molecular weight is 421 g/mol. The Labute approximate surface area is 180 Å². The Morgan fingerprint density at radius 1 is 1.23 bits per heavy atom. The number of ether oxygens (including phenoxy) is 1. The van der Waals surface area contributed by atoms with Gasteiger partial charge in [0.15, 0.2) is 6.61 Å². The Kier molecular flexibility index (Phi) is 7.22. The lowest BCUT2D eigenvalue weighted by molar-refractivity contribution is -0.123. The summed E-state index contributed by atoms with van der Waals surface area (Å²) in [6.07, 6.45) is 1.98. The molecule has 7 nitrogen and oxygen atoms in total. The molecule has 3 rings (SSSR count). The van der Waals surface area contributed by atoms with Crippen LogP contribution < -0.4 is 15.8 Å². The number of benzene rings is 2. The number of aryl methyl sites for hydroxylation is 2. The predicted molar refractivity (Wildman–Crippen MR) is 115 cm³/mol. The smallest absolute Gasteiger partial charge is 0.257 e. The van der Waals surface area contributed by atoms with Crippen LogP contribution in [0.25, 0.3) is 5.69 Å². The molecule has 0 radical (unpaired) electrons. The first-order chi connectivity index (χ1) is 15.0. The number of carbonyl (C=O) groups excluding carboxylic acids is 1. The number of carbonyl (C=O) groups is 1. The van der Waals surface area contributed by atoms with Gasteiger partial charge < -0.3 is 15.8 Å². The molecule has 31 heavy (non-hydrogen) atoms. The molecule has 0 unspecified atom stereocenters. The fraction of sp³-hybridized carbons (Fsp3) is 0.261. The molecule has 0 bridgehead atoms. The molecule has 2 aromatic carbocycles. The molecule has 0 saturated carbocycles. The van der Waals surface area contributed by atoms with E-state index in [9.17, 15) is 14.4 Å². The van der Waals surface area contributed by atoms with Gasteiger partial charge in [-0.15, -0.1) is 0 Å². The van der Waals surface area contributed by atoms with Crippen LogP contribution in [0.5, 0.6) is 5.75 Å². The number of nitrogen functional groups attached to an aromatic ring is 1. The van der Waals surface area contributed by atoms with Gasteiger partial charge >= 0.3 is 0 Å². The number of rotatable bonds is 9. The Bertz CT molecular complexity index is 1070. The van der Waals surface area contributed by atoms with Crippen molar-refractivity contribution >= 4 is 11.7 Å². The quantitative estimate of drug-likeness (QED) is 0.516. The first-order valence-corrected chi connectivity index (χ1v) is 10.0. The van der Waals surface area contributed by atoms with Gasteiger partial charge in [-0.3, -0.25) is 4.79 Å². The van der Waals surface area contributed by atoms with Gasteiger partial charge in [-0.1, -0.05) is 19.1 Å². The SMILES string of the molecule is CCc1ccc(OCC(=O)NCCCc2nn(-c3ccc(F)cc3)c(N)c2C#N)cc1. The van der Waals surface area contributed by atoms with Crippen molar-refractivity contribution in [1.29, 1.82) is 5.26 Å². The number of nitrogens with one attached hydrogen (secondary N) is 1. The van der Waals surface area contributed by atoms with Crippen molar-refractivity contribution in [2.45, 2.75) is 26.2 Å². The van der Waals surface area contributed by atoms with Gasteiger partial charge in [0.25, 0.3) is 5.91 Å². The van der Waals surface area contributed by atoms with Crippen molar-refractivity contribution in [3.63, 3.8) is 0 Å². The first-order valence-electron chi connectivity index (χ1n) is 10.0. The molecule has 1 amide bonds. The van der Waals surface area contributed by atoms with Gasteiger partial charge in [-0.2, -0.15) is 10.4 Å². The summed E-state index contributed by atoms with van der Waals surface area (Å²) in [6.45, 7) is 2.41. The van der Waals surface area contributed by atoms with E-state index in [0.717, 1.165) is 6.42 Å². The zero-order valence-electron chi connectivity index (χ0n) is 17.3. The van der Waals surface area contributed by atoms with Crippen molar-refractivity contribution < 1.29 is 13.9 Å². The molecule has 0 spiro atoms. The van der Waals surface area contributed by atoms with Crippen LogP contribution in [-0.4, -0.2) is 28.8 Å². The van der Waals surface area contributed by atoms with E-state index in [2.05, 4.69) is 23.4 Å². The lowest BCUT2D eigenvalue weighted by atomic mass is 10.1. The van der Waals surface area contributed by atoms with Crippen molar-refractivity contribution in [1.82, 2.24) is 15.1 Å². The van der Waals surface area contributed by atoms with E-state index in [1.807, 2.05) is 24.3 Å². The van der Waals surface area contributed by atoms with Gasteiger partial charge in [0, 0.05) is 6.54 Å². The second-order valence-electron chi connectivity index (χ2n) is 6.95. The molecule has 3 aromatic rings. The van der Waals surface area contributed by atoms with Crippen LogP contribution in [0, 0.1) is 17.1 Å². The predicted octanol–water partition coefficient (Wildman–Crippen LogP) is 3.16. The molecular formula is C23H24FN5O2. The van der Waals surface area contributed by atoms with Crippen LogP contribution in [0.3, 0.4) is 0 Å². The molecule has 0 saturated heterocycles. The zero-order valence-corrected chi connectivity index (χ0v) is 17.3. The summed E-state index contributed by atoms with van der Waals surface area (Å²) in [5.41, 5.74) is 8.64. The molecular weight excluding hydrogens is 397 g/mol. The Morgan fingerprint density at radius 2 is 1.94 bits per heavy atom. The van der Waals surface area contributed by atoms with Crippen molar-refractivity contribution in [2.24, 2.45) is 0 Å². The number of aromatic nitrogens is 2. The van der Waals surface area contributed by atoms with Crippen LogP contribution in [0.1, 0.15) is 30.2 Å². The van der Waals surface area contributed by atoms with Gasteiger partial charge in [-0.25, -0.2) is 9.07 Å². The largest absolute Gasteiger partial charge is 0.484 e. The molecule has 1 aromatic heterocycles. The summed E-state index contributed by atoms with van der Waals surface area (Å²) in [4.78, 5) is 12.0. The standard InChI is InChI=1S/C23H24FN5O2/c1-2-16-5-11-19(12-6-16)31-15-22(30)27-13-3-4-21-20(14-25)23(26)29(28-21)18-9-7-17(24)8-10-18/h5-12H,2-4,13,15,26H2,1H3,(H,27,30). The molecule has 0 aliphatic carbocycles. The number of halogens is 1. The minimum Gasteiger partial charge on any atom is -0.484 e. The maximum Gasteiger partial charge on any atom is 0.257 e. The monoisotopic (exact) mass is 421 g/mol. The molecule has 1 heterocycles. The van der Waals surface area contributed by atoms with Gasteiger partial charge in [0.2, 0.25) is 0 Å². The highest BCUT2D eigenvalue weighted by Crippen LogP contribution is 2.21. The van der Waals surface area contributed by atoms with Gasteiger partial charge in [0.1, 0.15) is 29.0 Å². The third-order valence-corrected chi connectivity index (χ3v) is 4.79. The molecule has 0 atom stereocenters. The lowest BCUT2D eigenvalue weighted by Crippen LogP contribution is -2.29. The summed E-state index contributed by atoms with van der Waals surface area (Å²) in [5, 5.41) is 16.6. The topological polar surface area (TPSA) is 106 Å². The number of nitriles is 1. The van der Waals surface area contributed by atoms with Crippen LogP contribution >= 0.6 is 0 Å². The van der Waals surface area contributed by atoms with E-state index in [0.29, 0.717) is 36.5 Å². The fourth-order valence-corrected chi connectivity index (χ4v) is 3.06. The molecule has 160 valence electrons. The average Bonchev–Trinajstić information content (AvgIpc) is 3.11. The molecule has 3 N–H and O–H groups in total. The maximum absolute atomic E-state index is 13.1. The highest BCUT2D eigenvalue weighted by molar-refractivity contribution is 5.77. The molecule has 8 heteroatoms. The second kappa shape index (κ2) is 10.3. The van der Waals surface area contributed by atoms with Crippen molar-refractivity contribution in [3.8, 4) is 17.5 Å². The number of amides is 1. The number of nitrogens with two attached hydrogens (primary N) is 1. The minimum atomic E-state index is -0.368. The highest BCUT2D eigenvalue weighted by atomic mass is 19.1. The number of hydrogen-bond donors (Lipinski definition) is 2. The summed E-state index contributed by atoms with van der Waals surface area (Å²) < 4.78 is 20.1. The van der Waals surface area contributed by atoms with E-state index < -0.39 is 0 Å². The van der Waals surface area contributed by atoms with E-state index in [4.69, 9.17) is 10.5 Å². The Balaban J connectivity index is 1.49. The van der Waals surface area contributed by atoms with E-state index in [1.165, 1.54) is 22.4 Å². The second-order valence-corrected chi connectivity index (χ2v) is 6.95. The zero-order chi connectivity index (χ0) is 22.2. The van der Waals surface area contributed by atoms with Gasteiger partial charge in [-0.05, 0) is 61.2 Å². The fourth-order valence-electron chi connectivity index (χ4n) is 3.06. The van der Waals surface area contributed by atoms with Crippen LogP contribution in [0.15, 0.2) is 48.5 Å². The number of anilines is 1.